The molecule has 0 saturated heterocycles. The van der Waals surface area contributed by atoms with Crippen molar-refractivity contribution >= 4 is 0 Å². The van der Waals surface area contributed by atoms with E-state index in [2.05, 4.69) is 41.5 Å². The van der Waals surface area contributed by atoms with Gasteiger partial charge in [-0.3, -0.25) is 0 Å². The van der Waals surface area contributed by atoms with Crippen molar-refractivity contribution in [3.8, 4) is 0 Å². The molecular formula is C31H50O2. The van der Waals surface area contributed by atoms with E-state index < -0.39 is 0 Å². The molecule has 2 N–H and O–H groups in total. The maximum atomic E-state index is 11.7. The van der Waals surface area contributed by atoms with E-state index in [1.807, 2.05) is 0 Å². The van der Waals surface area contributed by atoms with E-state index in [0.717, 1.165) is 73.0 Å². The zero-order valence-corrected chi connectivity index (χ0v) is 22.2. The summed E-state index contributed by atoms with van der Waals surface area (Å²) in [6, 6.07) is 0. The molecule has 8 aliphatic carbocycles. The van der Waals surface area contributed by atoms with Crippen molar-refractivity contribution in [1.29, 1.82) is 0 Å². The summed E-state index contributed by atoms with van der Waals surface area (Å²) < 4.78 is 0. The van der Waals surface area contributed by atoms with Gasteiger partial charge in [-0.1, -0.05) is 41.5 Å². The van der Waals surface area contributed by atoms with E-state index in [1.54, 1.807) is 0 Å². The minimum atomic E-state index is -0.385. The first-order chi connectivity index (χ1) is 15.3. The molecule has 0 heterocycles. The molecule has 4 bridgehead atoms. The molecule has 8 aliphatic rings. The highest BCUT2D eigenvalue weighted by atomic mass is 16.3. The largest absolute Gasteiger partial charge is 0.390 e. The van der Waals surface area contributed by atoms with Crippen LogP contribution >= 0.6 is 0 Å². The summed E-state index contributed by atoms with van der Waals surface area (Å²) in [6.07, 6.45) is 12.6. The van der Waals surface area contributed by atoms with Crippen molar-refractivity contribution in [2.24, 2.45) is 75.4 Å². The van der Waals surface area contributed by atoms with Gasteiger partial charge in [0, 0.05) is 0 Å². The normalized spacial score (nSPS) is 62.5. The molecule has 2 heteroatoms. The fraction of sp³-hybridized carbons (Fsp3) is 1.00. The maximum absolute atomic E-state index is 11.7. The van der Waals surface area contributed by atoms with E-state index in [-0.39, 0.29) is 11.2 Å². The van der Waals surface area contributed by atoms with Gasteiger partial charge in [-0.2, -0.15) is 0 Å². The molecule has 8 saturated carbocycles. The first-order valence-corrected chi connectivity index (χ1v) is 14.8. The smallest absolute Gasteiger partial charge is 0.0683 e. The summed E-state index contributed by atoms with van der Waals surface area (Å²) in [4.78, 5) is 0. The molecule has 5 unspecified atom stereocenters. The predicted octanol–water partition coefficient (Wildman–Crippen LogP) is 6.69. The second-order valence-corrected chi connectivity index (χ2v) is 16.4. The Morgan fingerprint density at radius 1 is 0.848 bits per heavy atom. The van der Waals surface area contributed by atoms with Crippen molar-refractivity contribution in [2.75, 3.05) is 0 Å². The quantitative estimate of drug-likeness (QED) is 0.497. The summed E-state index contributed by atoms with van der Waals surface area (Å²) in [5, 5.41) is 22.8. The Balaban J connectivity index is 1.00. The molecule has 0 aromatic rings. The Kier molecular flexibility index (Phi) is 4.19. The third-order valence-corrected chi connectivity index (χ3v) is 14.3. The molecule has 186 valence electrons. The van der Waals surface area contributed by atoms with Crippen LogP contribution < -0.4 is 0 Å². The van der Waals surface area contributed by atoms with Gasteiger partial charge in [-0.15, -0.1) is 0 Å². The summed E-state index contributed by atoms with van der Waals surface area (Å²) in [5.74, 6) is 8.36. The van der Waals surface area contributed by atoms with Gasteiger partial charge in [0.1, 0.15) is 0 Å². The molecule has 0 aromatic carbocycles. The standard InChI is InChI=1S/C31H50O2/c1-17(2)30(32)15-29(16-30)20-10-22-21(23(11-20)25-24(22)26(25)29)9-19(4)31(33)13-28(14-31)8-7-18(3)27(5,6)12-28/h17-26,32-33H,7-16H2,1-6H3/t18-,19?,20?,21?,22?,23?,24?,25?,26?,28?,29?,30?,31?/m1/s1. The monoisotopic (exact) mass is 454 g/mol. The van der Waals surface area contributed by atoms with Crippen LogP contribution in [0.5, 0.6) is 0 Å². The number of hydrogen-bond acceptors (Lipinski definition) is 2. The van der Waals surface area contributed by atoms with E-state index in [1.165, 1.54) is 38.5 Å². The highest BCUT2D eigenvalue weighted by Gasteiger charge is 2.82. The third kappa shape index (κ3) is 2.65. The average Bonchev–Trinajstić information content (AvgIpc) is 3.39. The molecule has 33 heavy (non-hydrogen) atoms. The molecule has 0 amide bonds. The predicted molar refractivity (Wildman–Crippen MR) is 132 cm³/mol. The van der Waals surface area contributed by atoms with Crippen LogP contribution in [0.2, 0.25) is 0 Å². The van der Waals surface area contributed by atoms with Gasteiger partial charge in [0.2, 0.25) is 0 Å². The van der Waals surface area contributed by atoms with Crippen LogP contribution in [0.1, 0.15) is 106 Å². The van der Waals surface area contributed by atoms with E-state index in [4.69, 9.17) is 0 Å². The third-order valence-electron chi connectivity index (χ3n) is 14.3. The molecule has 0 aliphatic heterocycles. The van der Waals surface area contributed by atoms with Gasteiger partial charge >= 0.3 is 0 Å². The molecule has 0 radical (unpaired) electrons. The van der Waals surface area contributed by atoms with Gasteiger partial charge in [0.25, 0.3) is 0 Å². The lowest BCUT2D eigenvalue weighted by molar-refractivity contribution is -0.229. The fourth-order valence-electron chi connectivity index (χ4n) is 12.3. The van der Waals surface area contributed by atoms with Gasteiger partial charge in [-0.05, 0) is 140 Å². The summed E-state index contributed by atoms with van der Waals surface area (Å²) in [5.41, 5.74) is 0.660. The molecular weight excluding hydrogens is 404 g/mol. The first kappa shape index (κ1) is 22.1. The Morgan fingerprint density at radius 2 is 1.45 bits per heavy atom. The van der Waals surface area contributed by atoms with Gasteiger partial charge in [0.15, 0.2) is 0 Å². The van der Waals surface area contributed by atoms with Gasteiger partial charge in [0.05, 0.1) is 11.2 Å². The Bertz CT molecular complexity index is 819. The lowest BCUT2D eigenvalue weighted by atomic mass is 9.40. The summed E-state index contributed by atoms with van der Waals surface area (Å²) in [7, 11) is 0. The molecule has 8 fully saturated rings. The van der Waals surface area contributed by atoms with Crippen LogP contribution in [0, 0.1) is 75.4 Å². The average molecular weight is 455 g/mol. The fourth-order valence-corrected chi connectivity index (χ4v) is 12.3. The Labute approximate surface area is 202 Å². The second kappa shape index (κ2) is 6.24. The van der Waals surface area contributed by atoms with E-state index >= 15 is 0 Å². The lowest BCUT2D eigenvalue weighted by Gasteiger charge is -2.66. The number of aliphatic hydroxyl groups is 2. The topological polar surface area (TPSA) is 40.5 Å². The van der Waals surface area contributed by atoms with Gasteiger partial charge in [-0.25, -0.2) is 0 Å². The van der Waals surface area contributed by atoms with Crippen molar-refractivity contribution < 1.29 is 10.2 Å². The van der Waals surface area contributed by atoms with Crippen LogP contribution in [0.15, 0.2) is 0 Å². The molecule has 6 atom stereocenters. The molecule has 8 rings (SSSR count). The minimum absolute atomic E-state index is 0.363. The lowest BCUT2D eigenvalue weighted by Crippen LogP contribution is -2.64. The number of rotatable bonds is 4. The minimum Gasteiger partial charge on any atom is -0.390 e. The van der Waals surface area contributed by atoms with Crippen molar-refractivity contribution in [2.45, 2.75) is 117 Å². The van der Waals surface area contributed by atoms with Crippen LogP contribution in [0.4, 0.5) is 0 Å². The molecule has 2 spiro atoms. The van der Waals surface area contributed by atoms with Crippen LogP contribution in [-0.2, 0) is 0 Å². The van der Waals surface area contributed by atoms with Crippen molar-refractivity contribution in [3.05, 3.63) is 0 Å². The Hall–Kier alpha value is -0.0800. The molecule has 0 aromatic heterocycles. The van der Waals surface area contributed by atoms with Crippen LogP contribution in [-0.4, -0.2) is 21.4 Å². The highest BCUT2D eigenvalue weighted by molar-refractivity contribution is 5.30. The first-order valence-electron chi connectivity index (χ1n) is 14.8. The second-order valence-electron chi connectivity index (χ2n) is 16.4. The summed E-state index contributed by atoms with van der Waals surface area (Å²) in [6.45, 7) is 14.2. The van der Waals surface area contributed by atoms with Crippen molar-refractivity contribution in [3.63, 3.8) is 0 Å². The maximum Gasteiger partial charge on any atom is 0.0683 e. The summed E-state index contributed by atoms with van der Waals surface area (Å²) >= 11 is 0. The zero-order valence-electron chi connectivity index (χ0n) is 22.2. The van der Waals surface area contributed by atoms with Crippen molar-refractivity contribution in [1.82, 2.24) is 0 Å². The van der Waals surface area contributed by atoms with Crippen LogP contribution in [0.3, 0.4) is 0 Å². The highest BCUT2D eigenvalue weighted by Crippen LogP contribution is 2.86. The SMILES string of the molecule is CC(C)C1(O)CC2(C1)C1CC3C(CC(C)C4(O)CC5(CC[C@@H](C)C(C)(C)C5)C4)C(C1)C1C3C12. The van der Waals surface area contributed by atoms with E-state index in [0.29, 0.717) is 28.1 Å². The zero-order chi connectivity index (χ0) is 23.3. The Morgan fingerprint density at radius 3 is 2.00 bits per heavy atom. The van der Waals surface area contributed by atoms with Gasteiger partial charge < -0.3 is 10.2 Å². The molecule has 2 nitrogen and oxygen atoms in total. The van der Waals surface area contributed by atoms with Crippen LogP contribution in [0.25, 0.3) is 0 Å². The van der Waals surface area contributed by atoms with E-state index in [9.17, 15) is 10.2 Å². The number of hydrogen-bond donors (Lipinski definition) is 2.